The summed E-state index contributed by atoms with van der Waals surface area (Å²) in [7, 11) is 0. The summed E-state index contributed by atoms with van der Waals surface area (Å²) in [6, 6.07) is 8.73. The molecule has 1 fully saturated rings. The largest absolute Gasteiger partial charge is 0.355 e. The molecule has 1 aromatic carbocycles. The molecule has 160 valence electrons. The summed E-state index contributed by atoms with van der Waals surface area (Å²) in [6.45, 7) is 5.97. The third-order valence-corrected chi connectivity index (χ3v) is 7.13. The molecule has 1 aliphatic carbocycles. The quantitative estimate of drug-likeness (QED) is 0.520. The summed E-state index contributed by atoms with van der Waals surface area (Å²) < 4.78 is 0. The number of nitrogens with two attached hydrogens (primary N) is 1. The predicted octanol–water partition coefficient (Wildman–Crippen LogP) is 3.05. The van der Waals surface area contributed by atoms with E-state index < -0.39 is 0 Å². The lowest BCUT2D eigenvalue weighted by molar-refractivity contribution is 0.187. The van der Waals surface area contributed by atoms with Gasteiger partial charge in [0.1, 0.15) is 23.4 Å². The highest BCUT2D eigenvalue weighted by Crippen LogP contribution is 2.50. The molecule has 0 radical (unpaired) electrons. The van der Waals surface area contributed by atoms with Gasteiger partial charge in [0, 0.05) is 42.7 Å². The Balaban J connectivity index is 1.22. The van der Waals surface area contributed by atoms with Crippen molar-refractivity contribution >= 4 is 22.6 Å². The molecule has 4 aromatic rings. The summed E-state index contributed by atoms with van der Waals surface area (Å²) in [5.41, 5.74) is 13.1. The number of H-pyrrole nitrogens is 1. The third-order valence-electron chi connectivity index (χ3n) is 7.13. The smallest absolute Gasteiger partial charge is 0.177 e. The van der Waals surface area contributed by atoms with Gasteiger partial charge in [0.2, 0.25) is 0 Å². The highest BCUT2D eigenvalue weighted by atomic mass is 15.2. The molecule has 1 spiro atoms. The number of rotatable bonds is 3. The maximum absolute atomic E-state index is 6.72. The van der Waals surface area contributed by atoms with Crippen LogP contribution in [0.15, 0.2) is 55.8 Å². The molecule has 0 unspecified atom stereocenters. The zero-order valence-electron chi connectivity index (χ0n) is 17.7. The van der Waals surface area contributed by atoms with E-state index in [0.29, 0.717) is 22.4 Å². The normalized spacial score (nSPS) is 19.4. The molecule has 0 bridgehead atoms. The number of hydrogen-bond donors (Lipinski definition) is 2. The zero-order valence-corrected chi connectivity index (χ0v) is 17.7. The van der Waals surface area contributed by atoms with Crippen molar-refractivity contribution in [1.82, 2.24) is 30.1 Å². The number of hydrogen-bond acceptors (Lipinski definition) is 7. The van der Waals surface area contributed by atoms with Crippen LogP contribution in [-0.4, -0.2) is 43.2 Å². The van der Waals surface area contributed by atoms with E-state index >= 15 is 0 Å². The molecular weight excluding hydrogens is 400 g/mol. The maximum atomic E-state index is 6.72. The van der Waals surface area contributed by atoms with E-state index in [0.717, 1.165) is 43.7 Å². The molecule has 3 N–H and O–H groups in total. The number of aromatic amines is 1. The fourth-order valence-corrected chi connectivity index (χ4v) is 5.23. The number of fused-ring (bicyclic) bond motifs is 2. The van der Waals surface area contributed by atoms with Crippen molar-refractivity contribution in [3.63, 3.8) is 0 Å². The first-order chi connectivity index (χ1) is 15.6. The number of nitrogens with zero attached hydrogens (tertiary/aromatic N) is 6. The van der Waals surface area contributed by atoms with Crippen LogP contribution in [0.5, 0.6) is 0 Å². The minimum atomic E-state index is 0.109. The van der Waals surface area contributed by atoms with Crippen LogP contribution in [0.4, 0.5) is 5.82 Å². The molecule has 0 amide bonds. The van der Waals surface area contributed by atoms with E-state index in [1.54, 1.807) is 12.4 Å². The minimum absolute atomic E-state index is 0.109. The lowest BCUT2D eigenvalue weighted by Gasteiger charge is -2.42. The summed E-state index contributed by atoms with van der Waals surface area (Å²) in [5.74, 6) is 0.861. The Morgan fingerprint density at radius 3 is 2.69 bits per heavy atom. The van der Waals surface area contributed by atoms with Gasteiger partial charge in [-0.15, -0.1) is 0 Å². The highest BCUT2D eigenvalue weighted by molar-refractivity contribution is 5.90. The van der Waals surface area contributed by atoms with Gasteiger partial charge in [0.25, 0.3) is 0 Å². The van der Waals surface area contributed by atoms with Gasteiger partial charge < -0.3 is 10.6 Å². The van der Waals surface area contributed by atoms with Crippen LogP contribution in [0.2, 0.25) is 0 Å². The Kier molecular flexibility index (Phi) is 4.29. The van der Waals surface area contributed by atoms with E-state index in [9.17, 15) is 0 Å². The van der Waals surface area contributed by atoms with Crippen LogP contribution < -0.4 is 10.6 Å². The Hall–Kier alpha value is -3.65. The van der Waals surface area contributed by atoms with Crippen LogP contribution in [0.25, 0.3) is 16.7 Å². The lowest BCUT2D eigenvalue weighted by Crippen LogP contribution is -2.44. The molecule has 0 saturated carbocycles. The van der Waals surface area contributed by atoms with Crippen molar-refractivity contribution in [2.75, 3.05) is 18.0 Å². The van der Waals surface area contributed by atoms with Crippen molar-refractivity contribution in [2.24, 2.45) is 11.1 Å². The molecule has 4 heterocycles. The highest BCUT2D eigenvalue weighted by Gasteiger charge is 2.45. The average molecular weight is 425 g/mol. The fourth-order valence-electron chi connectivity index (χ4n) is 5.23. The van der Waals surface area contributed by atoms with Gasteiger partial charge in [-0.25, -0.2) is 19.9 Å². The van der Waals surface area contributed by atoms with E-state index in [1.165, 1.54) is 17.5 Å². The van der Waals surface area contributed by atoms with Crippen LogP contribution in [0, 0.1) is 5.41 Å². The molecule has 8 heteroatoms. The number of aromatic nitrogens is 6. The molecule has 3 aromatic heterocycles. The van der Waals surface area contributed by atoms with Gasteiger partial charge >= 0.3 is 0 Å². The van der Waals surface area contributed by atoms with Gasteiger partial charge in [-0.05, 0) is 35.8 Å². The summed E-state index contributed by atoms with van der Waals surface area (Å²) in [5, 5.41) is 7.42. The van der Waals surface area contributed by atoms with Gasteiger partial charge in [0.05, 0.1) is 6.20 Å². The molecule has 6 rings (SSSR count). The Morgan fingerprint density at radius 1 is 1.12 bits per heavy atom. The first kappa shape index (κ1) is 19.1. The van der Waals surface area contributed by atoms with Crippen molar-refractivity contribution < 1.29 is 0 Å². The molecule has 8 nitrogen and oxygen atoms in total. The van der Waals surface area contributed by atoms with E-state index in [1.807, 2.05) is 6.20 Å². The second kappa shape index (κ2) is 7.20. The molecule has 1 atom stereocenters. The first-order valence-corrected chi connectivity index (χ1v) is 10.9. The minimum Gasteiger partial charge on any atom is -0.355 e. The maximum Gasteiger partial charge on any atom is 0.177 e. The predicted molar refractivity (Wildman–Crippen MR) is 123 cm³/mol. The molecular formula is C24H24N8. The number of benzene rings is 1. The van der Waals surface area contributed by atoms with Gasteiger partial charge in [0.15, 0.2) is 5.65 Å². The number of anilines is 1. The van der Waals surface area contributed by atoms with E-state index in [4.69, 9.17) is 10.7 Å². The topological polar surface area (TPSA) is 109 Å². The van der Waals surface area contributed by atoms with Gasteiger partial charge in [-0.1, -0.05) is 30.8 Å². The van der Waals surface area contributed by atoms with Crippen molar-refractivity contribution in [3.8, 4) is 0 Å². The van der Waals surface area contributed by atoms with Gasteiger partial charge in [-0.2, -0.15) is 5.10 Å². The van der Waals surface area contributed by atoms with Crippen LogP contribution >= 0.6 is 0 Å². The van der Waals surface area contributed by atoms with Crippen LogP contribution in [0.3, 0.4) is 0 Å². The Labute approximate surface area is 185 Å². The van der Waals surface area contributed by atoms with E-state index in [-0.39, 0.29) is 11.5 Å². The average Bonchev–Trinajstić information content (AvgIpc) is 3.38. The summed E-state index contributed by atoms with van der Waals surface area (Å²) >= 11 is 0. The van der Waals surface area contributed by atoms with E-state index in [2.05, 4.69) is 60.9 Å². The lowest BCUT2D eigenvalue weighted by atomic mass is 9.73. The molecule has 2 aliphatic rings. The van der Waals surface area contributed by atoms with Gasteiger partial charge in [-0.3, -0.25) is 5.10 Å². The van der Waals surface area contributed by atoms with Crippen molar-refractivity contribution in [1.29, 1.82) is 0 Å². The third kappa shape index (κ3) is 2.90. The second-order valence-corrected chi connectivity index (χ2v) is 8.81. The van der Waals surface area contributed by atoms with Crippen molar-refractivity contribution in [3.05, 3.63) is 78.1 Å². The fraction of sp³-hybridized carbons (Fsp3) is 0.292. The Bertz CT molecular complexity index is 1300. The molecule has 32 heavy (non-hydrogen) atoms. The monoisotopic (exact) mass is 424 g/mol. The number of nitrogens with one attached hydrogen (secondary N) is 1. The zero-order chi connectivity index (χ0) is 21.7. The van der Waals surface area contributed by atoms with Crippen molar-refractivity contribution in [2.45, 2.75) is 25.3 Å². The SMILES string of the molecule is C=C(c1cncnc1)c1n[nH]c2nc(N3CCC4(CC3)Cc3ccccc3[C@H]4N)cnc12. The second-order valence-electron chi connectivity index (χ2n) is 8.81. The first-order valence-electron chi connectivity index (χ1n) is 10.9. The molecule has 1 saturated heterocycles. The van der Waals surface area contributed by atoms with Crippen LogP contribution in [0.1, 0.15) is 41.3 Å². The standard InChI is InChI=1S/C24H24N8/c1-15(17-11-26-14-27-12-17)20-21-23(31-30-20)29-19(13-28-21)32-8-6-24(7-9-32)10-16-4-2-3-5-18(16)22(24)25/h2-5,11-14,22H,1,6-10,25H2,(H,29,30,31)/t22-/m1/s1. The number of piperidine rings is 1. The molecule has 1 aliphatic heterocycles. The Morgan fingerprint density at radius 2 is 1.91 bits per heavy atom. The summed E-state index contributed by atoms with van der Waals surface area (Å²) in [6.07, 6.45) is 9.91. The summed E-state index contributed by atoms with van der Waals surface area (Å²) in [4.78, 5) is 19.9. The van der Waals surface area contributed by atoms with Crippen LogP contribution in [-0.2, 0) is 6.42 Å².